The van der Waals surface area contributed by atoms with Gasteiger partial charge < -0.3 is 19.1 Å². The molecule has 0 atom stereocenters. The van der Waals surface area contributed by atoms with E-state index in [4.69, 9.17) is 4.42 Å². The van der Waals surface area contributed by atoms with Crippen molar-refractivity contribution in [3.8, 4) is 0 Å². The van der Waals surface area contributed by atoms with Crippen LogP contribution < -0.4 is 31.1 Å². The van der Waals surface area contributed by atoms with Gasteiger partial charge in [-0.1, -0.05) is 184 Å². The molecule has 4 aliphatic rings. The standard InChI is InChI=1S/C77H86BN3O/c1-47-40-66-69-67(41-47)81(63-21-19-20-56-55-33-26-50(73(8,9)10)42-68(55)82-70(56)63)64-44-54(79(51-27-22-48(23-28-51)71(2,3)4)52-29-24-49(25-30-52)72(5,6)7)32-35-61(64)78(69)62-45-59-60(77(17,18)39-38-76(59,15)16)46-65(62)80(66)53-31-34-57-58(43-53)75(13,14)37-36-74(57,11)12/h19-35,40-46H,36-39H2,1-18H3. The Labute approximate surface area is 491 Å². The molecule has 3 heterocycles. The van der Waals surface area contributed by atoms with E-state index in [2.05, 4.69) is 285 Å². The lowest BCUT2D eigenvalue weighted by atomic mass is 9.33. The topological polar surface area (TPSA) is 22.9 Å². The summed E-state index contributed by atoms with van der Waals surface area (Å²) in [4.78, 5) is 7.75. The zero-order valence-electron chi connectivity index (χ0n) is 52.5. The average molecular weight is 1080 g/mol. The molecule has 82 heavy (non-hydrogen) atoms. The van der Waals surface area contributed by atoms with Gasteiger partial charge in [0.05, 0.1) is 5.69 Å². The van der Waals surface area contributed by atoms with Gasteiger partial charge in [-0.3, -0.25) is 0 Å². The van der Waals surface area contributed by atoms with Gasteiger partial charge in [0, 0.05) is 56.3 Å². The summed E-state index contributed by atoms with van der Waals surface area (Å²) in [6.45, 7) is 42.7. The molecular weight excluding hydrogens is 994 g/mol. The SMILES string of the molecule is Cc1cc2c3c(c1)N(c1cccc4c1oc1cc(C(C)(C)C)ccc14)c1cc(N(c4ccc(C(C)(C)C)cc4)c4ccc(C(C)(C)C)cc4)ccc1B3c1cc3c(cc1N2c1ccc2c(c1)C(C)(C)CCC2(C)C)C(C)(C)CCC3(C)C. The van der Waals surface area contributed by atoms with Gasteiger partial charge in [0.2, 0.25) is 0 Å². The molecule has 0 radical (unpaired) electrons. The molecule has 2 aliphatic heterocycles. The van der Waals surface area contributed by atoms with Crippen LogP contribution in [0.3, 0.4) is 0 Å². The molecule has 0 saturated heterocycles. The average Bonchev–Trinajstić information content (AvgIpc) is 1.08. The fourth-order valence-electron chi connectivity index (χ4n) is 14.7. The highest BCUT2D eigenvalue weighted by molar-refractivity contribution is 7.00. The van der Waals surface area contributed by atoms with Crippen molar-refractivity contribution in [1.82, 2.24) is 0 Å². The molecule has 4 nitrogen and oxygen atoms in total. The number of rotatable bonds is 5. The number of fused-ring (bicyclic) bond motifs is 9. The molecule has 0 N–H and O–H groups in total. The van der Waals surface area contributed by atoms with E-state index >= 15 is 0 Å². The molecule has 2 aliphatic carbocycles. The molecular formula is C77H86BN3O. The predicted octanol–water partition coefficient (Wildman–Crippen LogP) is 20.0. The summed E-state index contributed by atoms with van der Waals surface area (Å²) in [5.74, 6) is 0. The van der Waals surface area contributed by atoms with Gasteiger partial charge in [0.25, 0.3) is 6.71 Å². The summed E-state index contributed by atoms with van der Waals surface area (Å²) in [7, 11) is 0. The third-order valence-corrected chi connectivity index (χ3v) is 20.1. The van der Waals surface area contributed by atoms with E-state index < -0.39 is 0 Å². The summed E-state index contributed by atoms with van der Waals surface area (Å²) < 4.78 is 7.30. The second-order valence-electron chi connectivity index (χ2n) is 30.9. The second kappa shape index (κ2) is 18.0. The summed E-state index contributed by atoms with van der Waals surface area (Å²) in [6.07, 6.45) is 4.64. The second-order valence-corrected chi connectivity index (χ2v) is 30.9. The van der Waals surface area contributed by atoms with Gasteiger partial charge in [-0.15, -0.1) is 0 Å². The number of hydrogen-bond acceptors (Lipinski definition) is 4. The molecule has 1 aromatic heterocycles. The van der Waals surface area contributed by atoms with Crippen molar-refractivity contribution in [1.29, 1.82) is 0 Å². The first kappa shape index (κ1) is 54.3. The lowest BCUT2D eigenvalue weighted by Crippen LogP contribution is -2.62. The maximum Gasteiger partial charge on any atom is 0.252 e. The van der Waals surface area contributed by atoms with Crippen LogP contribution in [0.15, 0.2) is 150 Å². The summed E-state index contributed by atoms with van der Waals surface area (Å²) in [6, 6.07) is 57.5. The van der Waals surface area contributed by atoms with Crippen LogP contribution in [0.4, 0.5) is 51.2 Å². The number of anilines is 9. The van der Waals surface area contributed by atoms with E-state index in [1.165, 1.54) is 90.1 Å². The normalized spacial score (nSPS) is 17.5. The minimum atomic E-state index is -0.0638. The number of furan rings is 1. The lowest BCUT2D eigenvalue weighted by Gasteiger charge is -2.48. The molecule has 0 unspecified atom stereocenters. The first-order chi connectivity index (χ1) is 38.4. The lowest BCUT2D eigenvalue weighted by molar-refractivity contribution is 0.332. The molecule has 0 saturated carbocycles. The monoisotopic (exact) mass is 1080 g/mol. The zero-order valence-corrected chi connectivity index (χ0v) is 52.5. The van der Waals surface area contributed by atoms with E-state index in [-0.39, 0.29) is 44.6 Å². The van der Waals surface area contributed by atoms with Crippen molar-refractivity contribution < 1.29 is 4.42 Å². The fourth-order valence-corrected chi connectivity index (χ4v) is 14.7. The summed E-state index contributed by atoms with van der Waals surface area (Å²) in [5.41, 5.74) is 27.5. The molecule has 9 aromatic rings. The van der Waals surface area contributed by atoms with E-state index in [1.54, 1.807) is 0 Å². The number of para-hydroxylation sites is 1. The van der Waals surface area contributed by atoms with Gasteiger partial charge in [-0.2, -0.15) is 0 Å². The van der Waals surface area contributed by atoms with Crippen LogP contribution in [-0.4, -0.2) is 6.71 Å². The van der Waals surface area contributed by atoms with Crippen LogP contribution in [0.25, 0.3) is 21.9 Å². The Hall–Kier alpha value is -6.98. The zero-order chi connectivity index (χ0) is 58.2. The Morgan fingerprint density at radius 1 is 0.415 bits per heavy atom. The Kier molecular flexibility index (Phi) is 11.9. The van der Waals surface area contributed by atoms with Crippen molar-refractivity contribution in [2.24, 2.45) is 0 Å². The molecule has 0 amide bonds. The maximum atomic E-state index is 7.30. The molecule has 0 spiro atoms. The van der Waals surface area contributed by atoms with Gasteiger partial charge in [-0.25, -0.2) is 0 Å². The number of benzene rings is 8. The van der Waals surface area contributed by atoms with Gasteiger partial charge in [0.1, 0.15) is 5.58 Å². The van der Waals surface area contributed by atoms with Crippen LogP contribution >= 0.6 is 0 Å². The highest BCUT2D eigenvalue weighted by Gasteiger charge is 2.48. The van der Waals surface area contributed by atoms with Crippen molar-refractivity contribution in [2.45, 2.75) is 188 Å². The largest absolute Gasteiger partial charge is 0.454 e. The minimum Gasteiger partial charge on any atom is -0.454 e. The third-order valence-electron chi connectivity index (χ3n) is 20.1. The van der Waals surface area contributed by atoms with E-state index in [0.717, 1.165) is 69.6 Å². The van der Waals surface area contributed by atoms with E-state index in [1.807, 2.05) is 0 Å². The number of hydrogen-bond donors (Lipinski definition) is 0. The van der Waals surface area contributed by atoms with Gasteiger partial charge in [0.15, 0.2) is 5.58 Å². The highest BCUT2D eigenvalue weighted by Crippen LogP contribution is 2.54. The third kappa shape index (κ3) is 8.59. The summed E-state index contributed by atoms with van der Waals surface area (Å²) >= 11 is 0. The Morgan fingerprint density at radius 2 is 0.915 bits per heavy atom. The minimum absolute atomic E-state index is 0.00524. The van der Waals surface area contributed by atoms with Crippen molar-refractivity contribution in [3.63, 3.8) is 0 Å². The van der Waals surface area contributed by atoms with Crippen LogP contribution in [0.5, 0.6) is 0 Å². The quantitative estimate of drug-likeness (QED) is 0.160. The van der Waals surface area contributed by atoms with E-state index in [0.29, 0.717) is 0 Å². The highest BCUT2D eigenvalue weighted by atomic mass is 16.3. The maximum absolute atomic E-state index is 7.30. The van der Waals surface area contributed by atoms with Crippen LogP contribution in [0.1, 0.15) is 188 Å². The van der Waals surface area contributed by atoms with E-state index in [9.17, 15) is 0 Å². The molecule has 0 fully saturated rings. The van der Waals surface area contributed by atoms with Crippen LogP contribution in [0.2, 0.25) is 0 Å². The first-order valence-electron chi connectivity index (χ1n) is 30.6. The molecule has 13 rings (SSSR count). The summed E-state index contributed by atoms with van der Waals surface area (Å²) in [5, 5.41) is 2.26. The fraction of sp³-hybridized carbons (Fsp3) is 0.377. The molecule has 5 heteroatoms. The predicted molar refractivity (Wildman–Crippen MR) is 354 cm³/mol. The molecule has 8 aromatic carbocycles. The number of nitrogens with zero attached hydrogens (tertiary/aromatic N) is 3. The van der Waals surface area contributed by atoms with Crippen LogP contribution in [-0.2, 0) is 37.9 Å². The smallest absolute Gasteiger partial charge is 0.252 e. The van der Waals surface area contributed by atoms with Crippen molar-refractivity contribution >= 4 is 96.2 Å². The van der Waals surface area contributed by atoms with Crippen molar-refractivity contribution in [2.75, 3.05) is 14.7 Å². The van der Waals surface area contributed by atoms with Gasteiger partial charge >= 0.3 is 0 Å². The Morgan fingerprint density at radius 3 is 1.49 bits per heavy atom. The van der Waals surface area contributed by atoms with Crippen LogP contribution in [0, 0.1) is 6.92 Å². The van der Waals surface area contributed by atoms with Crippen molar-refractivity contribution in [3.05, 3.63) is 190 Å². The first-order valence-corrected chi connectivity index (χ1v) is 30.6. The Bertz CT molecular complexity index is 4010. The van der Waals surface area contributed by atoms with Gasteiger partial charge in [-0.05, 0) is 210 Å². The molecule has 0 bridgehead atoms. The Balaban J connectivity index is 1.13. The molecule has 418 valence electrons. The number of aryl methyl sites for hydroxylation is 1.